The molecule has 0 unspecified atom stereocenters. The normalized spacial score (nSPS) is 18.6. The maximum Gasteiger partial charge on any atom is 0.134 e. The highest BCUT2D eigenvalue weighted by Gasteiger charge is 2.23. The Balaban J connectivity index is 2.34. The van der Waals surface area contributed by atoms with E-state index in [1.54, 1.807) is 0 Å². The maximum atomic E-state index is 10.3. The van der Waals surface area contributed by atoms with Crippen molar-refractivity contribution in [3.63, 3.8) is 0 Å². The second-order valence-electron chi connectivity index (χ2n) is 4.29. The molecular weight excluding hydrogens is 454 g/mol. The van der Waals surface area contributed by atoms with Gasteiger partial charge < -0.3 is 10.4 Å². The Bertz CT molecular complexity index is 445. The molecule has 18 heavy (non-hydrogen) atoms. The molecule has 1 saturated heterocycles. The molecule has 3 nitrogen and oxygen atoms in total. The van der Waals surface area contributed by atoms with E-state index in [1.165, 1.54) is 0 Å². The van der Waals surface area contributed by atoms with Crippen molar-refractivity contribution in [1.82, 2.24) is 10.2 Å². The summed E-state index contributed by atoms with van der Waals surface area (Å²) in [5.74, 6) is 0.388. The summed E-state index contributed by atoms with van der Waals surface area (Å²) in [6.07, 6.45) is 1.92. The van der Waals surface area contributed by atoms with Crippen LogP contribution in [0.15, 0.2) is 24.8 Å². The van der Waals surface area contributed by atoms with Gasteiger partial charge >= 0.3 is 0 Å². The minimum Gasteiger partial charge on any atom is -0.506 e. The summed E-state index contributed by atoms with van der Waals surface area (Å²) in [5, 5.41) is 13.6. The smallest absolute Gasteiger partial charge is 0.134 e. The second kappa shape index (κ2) is 6.53. The molecule has 5 heteroatoms. The molecule has 2 N–H and O–H groups in total. The summed E-state index contributed by atoms with van der Waals surface area (Å²) in [4.78, 5) is 2.35. The summed E-state index contributed by atoms with van der Waals surface area (Å²) in [6, 6.07) is 4.12. The van der Waals surface area contributed by atoms with E-state index in [0.29, 0.717) is 5.75 Å². The molecule has 98 valence electrons. The number of hydrogen-bond donors (Lipinski definition) is 2. The van der Waals surface area contributed by atoms with Crippen molar-refractivity contribution >= 4 is 45.2 Å². The Morgan fingerprint density at radius 3 is 2.61 bits per heavy atom. The highest BCUT2D eigenvalue weighted by molar-refractivity contribution is 14.1. The van der Waals surface area contributed by atoms with Crippen LogP contribution in [0.2, 0.25) is 0 Å². The van der Waals surface area contributed by atoms with Gasteiger partial charge in [0.25, 0.3) is 0 Å². The van der Waals surface area contributed by atoms with Gasteiger partial charge in [-0.25, -0.2) is 0 Å². The predicted molar refractivity (Wildman–Crippen MR) is 90.9 cm³/mol. The van der Waals surface area contributed by atoms with Gasteiger partial charge in [-0.2, -0.15) is 0 Å². The van der Waals surface area contributed by atoms with Gasteiger partial charge in [0.2, 0.25) is 0 Å². The summed E-state index contributed by atoms with van der Waals surface area (Å²) in [6.45, 7) is 7.89. The largest absolute Gasteiger partial charge is 0.506 e. The molecule has 1 aromatic carbocycles. The van der Waals surface area contributed by atoms with E-state index < -0.39 is 0 Å². The molecule has 0 aliphatic carbocycles. The van der Waals surface area contributed by atoms with Crippen LogP contribution < -0.4 is 5.32 Å². The SMILES string of the molecule is C=C[C@H](c1cc(I)cc(I)c1O)N1CCNCC1. The number of aromatic hydroxyl groups is 1. The van der Waals surface area contributed by atoms with Crippen molar-refractivity contribution in [2.24, 2.45) is 0 Å². The third-order valence-corrected chi connectivity index (χ3v) is 4.59. The van der Waals surface area contributed by atoms with E-state index in [-0.39, 0.29) is 6.04 Å². The molecule has 0 amide bonds. The standard InChI is InChI=1S/C13H16I2N2O/c1-2-12(17-5-3-16-4-6-17)10-7-9(14)8-11(15)13(10)18/h2,7-8,12,16,18H,1,3-6H2/t12-/m1/s1. The highest BCUT2D eigenvalue weighted by atomic mass is 127. The number of phenolic OH excluding ortho intramolecular Hbond substituents is 1. The Labute approximate surface area is 135 Å². The first kappa shape index (κ1) is 14.5. The molecule has 1 aromatic rings. The number of benzene rings is 1. The fraction of sp³-hybridized carbons (Fsp3) is 0.385. The Hall–Kier alpha value is 0.140. The van der Waals surface area contributed by atoms with Gasteiger partial charge in [0, 0.05) is 35.3 Å². The first-order valence-electron chi connectivity index (χ1n) is 5.88. The van der Waals surface area contributed by atoms with Crippen molar-refractivity contribution < 1.29 is 5.11 Å². The van der Waals surface area contributed by atoms with Crippen LogP contribution in [0.1, 0.15) is 11.6 Å². The number of phenols is 1. The van der Waals surface area contributed by atoms with E-state index in [0.717, 1.165) is 38.9 Å². The second-order valence-corrected chi connectivity index (χ2v) is 6.70. The molecule has 0 spiro atoms. The van der Waals surface area contributed by atoms with Crippen molar-refractivity contribution in [3.8, 4) is 5.75 Å². The van der Waals surface area contributed by atoms with Crippen LogP contribution in [0, 0.1) is 7.14 Å². The van der Waals surface area contributed by atoms with Gasteiger partial charge in [0.05, 0.1) is 9.61 Å². The van der Waals surface area contributed by atoms with Crippen LogP contribution in [0.4, 0.5) is 0 Å². The fourth-order valence-electron chi connectivity index (χ4n) is 2.24. The average molecular weight is 470 g/mol. The topological polar surface area (TPSA) is 35.5 Å². The van der Waals surface area contributed by atoms with Gasteiger partial charge in [0.15, 0.2) is 0 Å². The quantitative estimate of drug-likeness (QED) is 0.528. The molecule has 2 rings (SSSR count). The van der Waals surface area contributed by atoms with E-state index in [9.17, 15) is 5.11 Å². The first-order valence-corrected chi connectivity index (χ1v) is 8.04. The number of piperazine rings is 1. The minimum absolute atomic E-state index is 0.0929. The Morgan fingerprint density at radius 1 is 1.33 bits per heavy atom. The molecule has 1 aliphatic heterocycles. The molecule has 0 saturated carbocycles. The van der Waals surface area contributed by atoms with Crippen LogP contribution in [0.3, 0.4) is 0 Å². The van der Waals surface area contributed by atoms with Crippen molar-refractivity contribution in [2.45, 2.75) is 6.04 Å². The van der Waals surface area contributed by atoms with Gasteiger partial charge in [-0.3, -0.25) is 4.90 Å². The fourth-order valence-corrected chi connectivity index (χ4v) is 4.13. The zero-order chi connectivity index (χ0) is 13.1. The zero-order valence-corrected chi connectivity index (χ0v) is 14.3. The molecule has 0 aromatic heterocycles. The minimum atomic E-state index is 0.0929. The number of hydrogen-bond acceptors (Lipinski definition) is 3. The van der Waals surface area contributed by atoms with Crippen LogP contribution in [0.25, 0.3) is 0 Å². The first-order chi connectivity index (χ1) is 8.63. The van der Waals surface area contributed by atoms with Crippen LogP contribution in [0.5, 0.6) is 5.75 Å². The Morgan fingerprint density at radius 2 is 2.00 bits per heavy atom. The number of halogens is 2. The molecule has 0 bridgehead atoms. The molecule has 0 radical (unpaired) electrons. The van der Waals surface area contributed by atoms with Gasteiger partial charge in [-0.15, -0.1) is 6.58 Å². The van der Waals surface area contributed by atoms with Crippen LogP contribution in [-0.2, 0) is 0 Å². The Kier molecular flexibility index (Phi) is 5.28. The summed E-state index contributed by atoms with van der Waals surface area (Å²) < 4.78 is 2.04. The lowest BCUT2D eigenvalue weighted by Gasteiger charge is -2.33. The van der Waals surface area contributed by atoms with E-state index in [2.05, 4.69) is 62.0 Å². The van der Waals surface area contributed by atoms with Crippen LogP contribution in [-0.4, -0.2) is 36.2 Å². The molecule has 1 atom stereocenters. The zero-order valence-electron chi connectivity index (χ0n) is 10.00. The average Bonchev–Trinajstić information content (AvgIpc) is 2.37. The monoisotopic (exact) mass is 470 g/mol. The molecule has 1 fully saturated rings. The van der Waals surface area contributed by atoms with E-state index >= 15 is 0 Å². The summed E-state index contributed by atoms with van der Waals surface area (Å²) >= 11 is 4.46. The van der Waals surface area contributed by atoms with Crippen molar-refractivity contribution in [3.05, 3.63) is 37.5 Å². The third kappa shape index (κ3) is 3.17. The van der Waals surface area contributed by atoms with Crippen LogP contribution >= 0.6 is 45.2 Å². The van der Waals surface area contributed by atoms with Gasteiger partial charge in [-0.1, -0.05) is 6.08 Å². The van der Waals surface area contributed by atoms with Gasteiger partial charge in [0.1, 0.15) is 5.75 Å². The van der Waals surface area contributed by atoms with Gasteiger partial charge in [-0.05, 0) is 57.3 Å². The number of rotatable bonds is 3. The lowest BCUT2D eigenvalue weighted by Crippen LogP contribution is -2.44. The highest BCUT2D eigenvalue weighted by Crippen LogP contribution is 2.34. The number of nitrogens with zero attached hydrogens (tertiary/aromatic N) is 1. The number of nitrogens with one attached hydrogen (secondary N) is 1. The summed E-state index contributed by atoms with van der Waals surface area (Å²) in [5.41, 5.74) is 0.961. The van der Waals surface area contributed by atoms with E-state index in [4.69, 9.17) is 0 Å². The van der Waals surface area contributed by atoms with Crippen molar-refractivity contribution in [2.75, 3.05) is 26.2 Å². The molecular formula is C13H16I2N2O. The molecule has 1 heterocycles. The molecule has 1 aliphatic rings. The predicted octanol–water partition coefficient (Wildman–Crippen LogP) is 2.73. The maximum absolute atomic E-state index is 10.3. The van der Waals surface area contributed by atoms with Crippen molar-refractivity contribution in [1.29, 1.82) is 0 Å². The lowest BCUT2D eigenvalue weighted by molar-refractivity contribution is 0.200. The summed E-state index contributed by atoms with van der Waals surface area (Å²) in [7, 11) is 0. The van der Waals surface area contributed by atoms with E-state index in [1.807, 2.05) is 18.2 Å². The lowest BCUT2D eigenvalue weighted by atomic mass is 10.0. The third-order valence-electron chi connectivity index (χ3n) is 3.14.